The molecule has 0 aliphatic carbocycles. The van der Waals surface area contributed by atoms with Gasteiger partial charge >= 0.3 is 0 Å². The number of fused-ring (bicyclic) bond motifs is 1. The second-order valence-corrected chi connectivity index (χ2v) is 6.75. The molecule has 0 aromatic heterocycles. The molecule has 0 radical (unpaired) electrons. The van der Waals surface area contributed by atoms with Gasteiger partial charge in [-0.2, -0.15) is 0 Å². The van der Waals surface area contributed by atoms with Gasteiger partial charge in [0.05, 0.1) is 0 Å². The summed E-state index contributed by atoms with van der Waals surface area (Å²) >= 11 is 0. The molecule has 3 unspecified atom stereocenters. The van der Waals surface area contributed by atoms with Crippen molar-refractivity contribution in [2.75, 3.05) is 24.5 Å². The number of halogens is 1. The maximum Gasteiger partial charge on any atom is 0.123 e. The summed E-state index contributed by atoms with van der Waals surface area (Å²) < 4.78 is 13.6. The van der Waals surface area contributed by atoms with E-state index >= 15 is 0 Å². The van der Waals surface area contributed by atoms with Crippen molar-refractivity contribution in [1.29, 1.82) is 0 Å². The number of hydrogen-bond donors (Lipinski definition) is 1. The SMILES string of the molecule is CC(N)Cc1cc(F)ccc1N1CC2CCCN2CC1C. The Labute approximate surface area is 126 Å². The lowest BCUT2D eigenvalue weighted by Gasteiger charge is -2.44. The third-order valence-electron chi connectivity index (χ3n) is 4.83. The molecule has 0 spiro atoms. The number of nitrogens with two attached hydrogens (primary N) is 1. The van der Waals surface area contributed by atoms with Crippen molar-refractivity contribution in [1.82, 2.24) is 4.90 Å². The standard InChI is InChI=1S/C17H26FN3/c1-12(19)8-14-9-15(18)5-6-17(14)21-11-16-4-3-7-20(16)10-13(21)2/h5-6,9,12-13,16H,3-4,7-8,10-11,19H2,1-2H3. The molecule has 2 fully saturated rings. The zero-order chi connectivity index (χ0) is 15.0. The van der Waals surface area contributed by atoms with Crippen LogP contribution in [0.5, 0.6) is 0 Å². The first-order chi connectivity index (χ1) is 10.0. The molecule has 3 atom stereocenters. The highest BCUT2D eigenvalue weighted by Crippen LogP contribution is 2.31. The average molecular weight is 291 g/mol. The molecule has 21 heavy (non-hydrogen) atoms. The monoisotopic (exact) mass is 291 g/mol. The van der Waals surface area contributed by atoms with E-state index in [0.29, 0.717) is 12.1 Å². The quantitative estimate of drug-likeness (QED) is 0.928. The van der Waals surface area contributed by atoms with Gasteiger partial charge in [-0.1, -0.05) is 0 Å². The number of anilines is 1. The molecule has 116 valence electrons. The molecule has 2 aliphatic rings. The number of nitrogens with zero attached hydrogens (tertiary/aromatic N) is 2. The zero-order valence-electron chi connectivity index (χ0n) is 13.1. The lowest BCUT2D eigenvalue weighted by atomic mass is 10.0. The fourth-order valence-electron chi connectivity index (χ4n) is 3.87. The predicted molar refractivity (Wildman–Crippen MR) is 85.2 cm³/mol. The van der Waals surface area contributed by atoms with Gasteiger partial charge in [0.1, 0.15) is 5.82 Å². The van der Waals surface area contributed by atoms with Crippen LogP contribution in [0.3, 0.4) is 0 Å². The van der Waals surface area contributed by atoms with Crippen LogP contribution < -0.4 is 10.6 Å². The van der Waals surface area contributed by atoms with Crippen molar-refractivity contribution in [3.05, 3.63) is 29.6 Å². The highest BCUT2D eigenvalue weighted by molar-refractivity contribution is 5.55. The molecule has 2 aliphatic heterocycles. The minimum atomic E-state index is -0.165. The van der Waals surface area contributed by atoms with Crippen LogP contribution in [0, 0.1) is 5.82 Å². The van der Waals surface area contributed by atoms with Crippen LogP contribution in [0.4, 0.5) is 10.1 Å². The molecular weight excluding hydrogens is 265 g/mol. The average Bonchev–Trinajstić information content (AvgIpc) is 2.84. The second-order valence-electron chi connectivity index (χ2n) is 6.75. The second kappa shape index (κ2) is 5.93. The molecule has 1 aromatic carbocycles. The minimum absolute atomic E-state index is 0.0497. The number of benzene rings is 1. The third-order valence-corrected chi connectivity index (χ3v) is 4.83. The molecule has 3 rings (SSSR count). The first kappa shape index (κ1) is 14.8. The summed E-state index contributed by atoms with van der Waals surface area (Å²) in [4.78, 5) is 5.07. The summed E-state index contributed by atoms with van der Waals surface area (Å²) in [7, 11) is 0. The molecule has 2 saturated heterocycles. The Morgan fingerprint density at radius 3 is 2.95 bits per heavy atom. The summed E-state index contributed by atoms with van der Waals surface area (Å²) in [6.07, 6.45) is 3.32. The Kier molecular flexibility index (Phi) is 4.18. The highest BCUT2D eigenvalue weighted by Gasteiger charge is 2.35. The van der Waals surface area contributed by atoms with Gasteiger partial charge in [-0.15, -0.1) is 0 Å². The Morgan fingerprint density at radius 1 is 1.38 bits per heavy atom. The first-order valence-corrected chi connectivity index (χ1v) is 8.09. The minimum Gasteiger partial charge on any atom is -0.366 e. The van der Waals surface area contributed by atoms with Crippen LogP contribution in [0.25, 0.3) is 0 Å². The zero-order valence-corrected chi connectivity index (χ0v) is 13.1. The van der Waals surface area contributed by atoms with E-state index in [9.17, 15) is 4.39 Å². The number of piperazine rings is 1. The predicted octanol–water partition coefficient (Wildman–Crippen LogP) is 2.39. The van der Waals surface area contributed by atoms with E-state index < -0.39 is 0 Å². The van der Waals surface area contributed by atoms with E-state index in [2.05, 4.69) is 16.7 Å². The van der Waals surface area contributed by atoms with Crippen molar-refractivity contribution >= 4 is 5.69 Å². The molecule has 2 heterocycles. The van der Waals surface area contributed by atoms with Crippen molar-refractivity contribution in [3.63, 3.8) is 0 Å². The van der Waals surface area contributed by atoms with Gasteiger partial charge in [-0.25, -0.2) is 4.39 Å². The summed E-state index contributed by atoms with van der Waals surface area (Å²) in [6, 6.07) is 6.36. The van der Waals surface area contributed by atoms with E-state index in [1.807, 2.05) is 13.0 Å². The van der Waals surface area contributed by atoms with Crippen molar-refractivity contribution < 1.29 is 4.39 Å². The smallest absolute Gasteiger partial charge is 0.123 e. The molecule has 0 saturated carbocycles. The lowest BCUT2D eigenvalue weighted by molar-refractivity contribution is 0.202. The van der Waals surface area contributed by atoms with Crippen LogP contribution in [0.2, 0.25) is 0 Å². The van der Waals surface area contributed by atoms with Gasteiger partial charge in [-0.05, 0) is 63.4 Å². The normalized spacial score (nSPS) is 27.7. The van der Waals surface area contributed by atoms with Gasteiger partial charge in [-0.3, -0.25) is 4.90 Å². The molecule has 2 N–H and O–H groups in total. The summed E-state index contributed by atoms with van der Waals surface area (Å²) in [5.41, 5.74) is 8.16. The van der Waals surface area contributed by atoms with E-state index in [4.69, 9.17) is 5.73 Å². The van der Waals surface area contributed by atoms with Crippen molar-refractivity contribution in [2.24, 2.45) is 5.73 Å². The first-order valence-electron chi connectivity index (χ1n) is 8.09. The number of hydrogen-bond acceptors (Lipinski definition) is 3. The maximum absolute atomic E-state index is 13.6. The molecular formula is C17H26FN3. The van der Waals surface area contributed by atoms with E-state index in [-0.39, 0.29) is 11.9 Å². The van der Waals surface area contributed by atoms with Crippen LogP contribution in [0.1, 0.15) is 32.3 Å². The van der Waals surface area contributed by atoms with Gasteiger partial charge in [0.15, 0.2) is 0 Å². The topological polar surface area (TPSA) is 32.5 Å². The Morgan fingerprint density at radius 2 is 2.19 bits per heavy atom. The van der Waals surface area contributed by atoms with E-state index in [0.717, 1.165) is 25.1 Å². The Balaban J connectivity index is 1.88. The van der Waals surface area contributed by atoms with Gasteiger partial charge < -0.3 is 10.6 Å². The third kappa shape index (κ3) is 3.06. The summed E-state index contributed by atoms with van der Waals surface area (Å²) in [5, 5.41) is 0. The van der Waals surface area contributed by atoms with Crippen LogP contribution in [-0.2, 0) is 6.42 Å². The van der Waals surface area contributed by atoms with Crippen LogP contribution in [-0.4, -0.2) is 42.7 Å². The fourth-order valence-corrected chi connectivity index (χ4v) is 3.87. The largest absolute Gasteiger partial charge is 0.366 e. The molecule has 3 nitrogen and oxygen atoms in total. The number of rotatable bonds is 3. The maximum atomic E-state index is 13.6. The van der Waals surface area contributed by atoms with Crippen LogP contribution >= 0.6 is 0 Å². The molecule has 0 amide bonds. The van der Waals surface area contributed by atoms with Crippen molar-refractivity contribution in [2.45, 2.75) is 51.2 Å². The van der Waals surface area contributed by atoms with E-state index in [1.165, 1.54) is 25.1 Å². The lowest BCUT2D eigenvalue weighted by Crippen LogP contribution is -2.55. The van der Waals surface area contributed by atoms with Crippen LogP contribution in [0.15, 0.2) is 18.2 Å². The fraction of sp³-hybridized carbons (Fsp3) is 0.647. The molecule has 0 bridgehead atoms. The molecule has 1 aromatic rings. The van der Waals surface area contributed by atoms with Gasteiger partial charge in [0.2, 0.25) is 0 Å². The Bertz CT molecular complexity index is 503. The van der Waals surface area contributed by atoms with E-state index in [1.54, 1.807) is 12.1 Å². The Hall–Kier alpha value is -1.13. The summed E-state index contributed by atoms with van der Waals surface area (Å²) in [6.45, 7) is 7.65. The van der Waals surface area contributed by atoms with Gasteiger partial charge in [0.25, 0.3) is 0 Å². The summed E-state index contributed by atoms with van der Waals surface area (Å²) in [5.74, 6) is -0.165. The molecule has 4 heteroatoms. The van der Waals surface area contributed by atoms with Gasteiger partial charge in [0, 0.05) is 36.9 Å². The highest BCUT2D eigenvalue weighted by atomic mass is 19.1. The van der Waals surface area contributed by atoms with Crippen molar-refractivity contribution in [3.8, 4) is 0 Å².